The Bertz CT molecular complexity index is 683. The average Bonchev–Trinajstić information content (AvgIpc) is 3.25. The highest BCUT2D eigenvalue weighted by atomic mass is 16.5. The van der Waals surface area contributed by atoms with E-state index in [0.29, 0.717) is 18.9 Å². The number of imide groups is 1. The van der Waals surface area contributed by atoms with E-state index in [1.165, 1.54) is 4.90 Å². The molecule has 1 spiro atoms. The molecule has 4 heterocycles. The van der Waals surface area contributed by atoms with E-state index in [1.807, 2.05) is 30.3 Å². The second kappa shape index (κ2) is 5.14. The number of anilines is 1. The minimum atomic E-state index is -0.195. The second-order valence-electron chi connectivity index (χ2n) is 7.47. The van der Waals surface area contributed by atoms with Gasteiger partial charge in [0.25, 0.3) is 0 Å². The second-order valence-corrected chi connectivity index (χ2v) is 7.47. The SMILES string of the molecule is O=C1C2C3CCCN3C3(CCOCC3)C2C(=O)N1c1ccccc1. The van der Waals surface area contributed by atoms with Crippen LogP contribution in [0.1, 0.15) is 25.7 Å². The molecule has 4 aliphatic rings. The van der Waals surface area contributed by atoms with E-state index in [1.54, 1.807) is 0 Å². The van der Waals surface area contributed by atoms with Gasteiger partial charge in [-0.15, -0.1) is 0 Å². The molecule has 0 radical (unpaired) electrons. The van der Waals surface area contributed by atoms with Crippen molar-refractivity contribution in [3.63, 3.8) is 0 Å². The third kappa shape index (κ3) is 1.72. The monoisotopic (exact) mass is 326 g/mol. The molecule has 126 valence electrons. The third-order valence-corrected chi connectivity index (χ3v) is 6.59. The van der Waals surface area contributed by atoms with E-state index in [2.05, 4.69) is 4.90 Å². The maximum absolute atomic E-state index is 13.3. The fourth-order valence-electron chi connectivity index (χ4n) is 5.70. The van der Waals surface area contributed by atoms with Gasteiger partial charge in [0.15, 0.2) is 0 Å². The van der Waals surface area contributed by atoms with Gasteiger partial charge in [-0.1, -0.05) is 18.2 Å². The first-order valence-electron chi connectivity index (χ1n) is 9.01. The molecule has 4 fully saturated rings. The molecule has 0 aliphatic carbocycles. The van der Waals surface area contributed by atoms with Crippen LogP contribution < -0.4 is 4.90 Å². The lowest BCUT2D eigenvalue weighted by Gasteiger charge is -2.44. The van der Waals surface area contributed by atoms with Crippen LogP contribution >= 0.6 is 0 Å². The number of rotatable bonds is 1. The first-order chi connectivity index (χ1) is 11.7. The van der Waals surface area contributed by atoms with Crippen molar-refractivity contribution in [3.8, 4) is 0 Å². The Hall–Kier alpha value is -1.72. The van der Waals surface area contributed by atoms with Gasteiger partial charge in [0.1, 0.15) is 0 Å². The van der Waals surface area contributed by atoms with Gasteiger partial charge in [0.05, 0.1) is 17.5 Å². The van der Waals surface area contributed by atoms with Gasteiger partial charge in [-0.25, -0.2) is 4.90 Å². The summed E-state index contributed by atoms with van der Waals surface area (Å²) < 4.78 is 5.59. The summed E-state index contributed by atoms with van der Waals surface area (Å²) >= 11 is 0. The van der Waals surface area contributed by atoms with Crippen LogP contribution in [0.4, 0.5) is 5.69 Å². The maximum atomic E-state index is 13.3. The predicted molar refractivity (Wildman–Crippen MR) is 88.4 cm³/mol. The lowest BCUT2D eigenvalue weighted by atomic mass is 9.74. The number of benzene rings is 1. The fourth-order valence-corrected chi connectivity index (χ4v) is 5.70. The van der Waals surface area contributed by atoms with E-state index in [4.69, 9.17) is 4.74 Å². The fraction of sp³-hybridized carbons (Fsp3) is 0.579. The Labute approximate surface area is 141 Å². The first-order valence-corrected chi connectivity index (χ1v) is 9.01. The molecular formula is C19H22N2O3. The molecule has 4 saturated heterocycles. The average molecular weight is 326 g/mol. The summed E-state index contributed by atoms with van der Waals surface area (Å²) in [5, 5.41) is 0. The number of carbonyl (C=O) groups excluding carboxylic acids is 2. The molecule has 1 aromatic carbocycles. The molecule has 3 unspecified atom stereocenters. The molecule has 0 aromatic heterocycles. The van der Waals surface area contributed by atoms with Crippen LogP contribution in [0.2, 0.25) is 0 Å². The van der Waals surface area contributed by atoms with Crippen LogP contribution in [0, 0.1) is 11.8 Å². The summed E-state index contributed by atoms with van der Waals surface area (Å²) in [6, 6.07) is 9.64. The summed E-state index contributed by atoms with van der Waals surface area (Å²) in [7, 11) is 0. The molecule has 0 bridgehead atoms. The van der Waals surface area contributed by atoms with Crippen LogP contribution in [0.3, 0.4) is 0 Å². The van der Waals surface area contributed by atoms with Crippen molar-refractivity contribution >= 4 is 17.5 Å². The zero-order valence-electron chi connectivity index (χ0n) is 13.7. The number of hydrogen-bond donors (Lipinski definition) is 0. The summed E-state index contributed by atoms with van der Waals surface area (Å²) in [5.41, 5.74) is 0.550. The largest absolute Gasteiger partial charge is 0.381 e. The molecular weight excluding hydrogens is 304 g/mol. The highest BCUT2D eigenvalue weighted by molar-refractivity contribution is 6.23. The normalized spacial score (nSPS) is 34.8. The number of carbonyl (C=O) groups is 2. The number of amides is 2. The molecule has 3 atom stereocenters. The summed E-state index contributed by atoms with van der Waals surface area (Å²) in [4.78, 5) is 30.5. The molecule has 1 aromatic rings. The Morgan fingerprint density at radius 2 is 1.79 bits per heavy atom. The van der Waals surface area contributed by atoms with Crippen molar-refractivity contribution in [3.05, 3.63) is 30.3 Å². The summed E-state index contributed by atoms with van der Waals surface area (Å²) in [5.74, 6) is -0.346. The van der Waals surface area contributed by atoms with Gasteiger partial charge in [0.2, 0.25) is 11.8 Å². The third-order valence-electron chi connectivity index (χ3n) is 6.59. The van der Waals surface area contributed by atoms with Gasteiger partial charge in [0, 0.05) is 24.8 Å². The maximum Gasteiger partial charge on any atom is 0.239 e. The van der Waals surface area contributed by atoms with E-state index < -0.39 is 0 Å². The van der Waals surface area contributed by atoms with Crippen molar-refractivity contribution in [1.29, 1.82) is 0 Å². The van der Waals surface area contributed by atoms with Gasteiger partial charge in [-0.3, -0.25) is 14.5 Å². The number of nitrogens with zero attached hydrogens (tertiary/aromatic N) is 2. The van der Waals surface area contributed by atoms with Crippen LogP contribution in [0.25, 0.3) is 0 Å². The van der Waals surface area contributed by atoms with E-state index in [-0.39, 0.29) is 35.2 Å². The molecule has 5 rings (SSSR count). The molecule has 24 heavy (non-hydrogen) atoms. The van der Waals surface area contributed by atoms with Crippen LogP contribution in [0.15, 0.2) is 30.3 Å². The van der Waals surface area contributed by atoms with Gasteiger partial charge >= 0.3 is 0 Å². The zero-order valence-corrected chi connectivity index (χ0v) is 13.7. The molecule has 5 heteroatoms. The van der Waals surface area contributed by atoms with Gasteiger partial charge in [-0.2, -0.15) is 0 Å². The van der Waals surface area contributed by atoms with Crippen LogP contribution in [-0.2, 0) is 14.3 Å². The number of ether oxygens (including phenoxy) is 1. The highest BCUT2D eigenvalue weighted by Crippen LogP contribution is 2.56. The van der Waals surface area contributed by atoms with Crippen molar-refractivity contribution in [2.45, 2.75) is 37.3 Å². The smallest absolute Gasteiger partial charge is 0.239 e. The molecule has 0 saturated carbocycles. The van der Waals surface area contributed by atoms with E-state index >= 15 is 0 Å². The Kier molecular flexibility index (Phi) is 3.13. The quantitative estimate of drug-likeness (QED) is 0.739. The Balaban J connectivity index is 1.60. The summed E-state index contributed by atoms with van der Waals surface area (Å²) in [6.45, 7) is 2.40. The molecule has 4 aliphatic heterocycles. The highest BCUT2D eigenvalue weighted by Gasteiger charge is 2.69. The lowest BCUT2D eigenvalue weighted by molar-refractivity contribution is -0.127. The Morgan fingerprint density at radius 3 is 2.54 bits per heavy atom. The minimum absolute atomic E-state index is 0.00694. The zero-order chi connectivity index (χ0) is 16.3. The number of para-hydroxylation sites is 1. The van der Waals surface area contributed by atoms with Crippen molar-refractivity contribution in [1.82, 2.24) is 4.90 Å². The lowest BCUT2D eigenvalue weighted by Crippen LogP contribution is -2.55. The van der Waals surface area contributed by atoms with Crippen molar-refractivity contribution in [2.24, 2.45) is 11.8 Å². The standard InChI is InChI=1S/C19H22N2O3/c22-17-15-14-7-4-10-20(14)19(8-11-24-12-9-19)16(15)18(23)21(17)13-5-2-1-3-6-13/h1-3,5-6,14-16H,4,7-12H2. The molecule has 2 amide bonds. The number of fused-ring (bicyclic) bond motifs is 5. The van der Waals surface area contributed by atoms with Gasteiger partial charge < -0.3 is 4.74 Å². The predicted octanol–water partition coefficient (Wildman–Crippen LogP) is 1.82. The first kappa shape index (κ1) is 14.6. The van der Waals surface area contributed by atoms with Gasteiger partial charge in [-0.05, 0) is 44.4 Å². The van der Waals surface area contributed by atoms with E-state index in [0.717, 1.165) is 32.2 Å². The van der Waals surface area contributed by atoms with Crippen molar-refractivity contribution < 1.29 is 14.3 Å². The van der Waals surface area contributed by atoms with E-state index in [9.17, 15) is 9.59 Å². The number of hydrogen-bond acceptors (Lipinski definition) is 4. The molecule has 0 N–H and O–H groups in total. The summed E-state index contributed by atoms with van der Waals surface area (Å²) in [6.07, 6.45) is 3.90. The Morgan fingerprint density at radius 1 is 1.04 bits per heavy atom. The van der Waals surface area contributed by atoms with Crippen molar-refractivity contribution in [2.75, 3.05) is 24.7 Å². The molecule has 5 nitrogen and oxygen atoms in total. The van der Waals surface area contributed by atoms with Crippen LogP contribution in [-0.4, -0.2) is 48.1 Å². The topological polar surface area (TPSA) is 49.9 Å². The minimum Gasteiger partial charge on any atom is -0.381 e. The van der Waals surface area contributed by atoms with Crippen LogP contribution in [0.5, 0.6) is 0 Å².